The second kappa shape index (κ2) is 14.0. The van der Waals surface area contributed by atoms with Gasteiger partial charge >= 0.3 is 11.9 Å². The molecule has 3 atom stereocenters. The first-order valence-electron chi connectivity index (χ1n) is 19.5. The smallest absolute Gasteiger partial charge is 0.321 e. The number of fused-ring (bicyclic) bond motifs is 4. The van der Waals surface area contributed by atoms with Crippen LogP contribution in [0.3, 0.4) is 0 Å². The molecule has 12 nitrogen and oxygen atoms in total. The van der Waals surface area contributed by atoms with Crippen molar-refractivity contribution in [2.45, 2.75) is 100 Å². The number of rotatable bonds is 7. The summed E-state index contributed by atoms with van der Waals surface area (Å²) in [6.45, 7) is 1.08. The number of alkyl halides is 3. The van der Waals surface area contributed by atoms with Gasteiger partial charge in [-0.3, -0.25) is 38.4 Å². The van der Waals surface area contributed by atoms with Crippen LogP contribution in [-0.2, 0) is 22.8 Å². The molecular formula is C41H43F3N8O4. The van der Waals surface area contributed by atoms with E-state index in [4.69, 9.17) is 5.10 Å². The van der Waals surface area contributed by atoms with E-state index >= 15 is 0 Å². The minimum atomic E-state index is -4.64. The lowest BCUT2D eigenvalue weighted by Crippen LogP contribution is -2.45. The maximum atomic E-state index is 13.6. The molecule has 292 valence electrons. The molecule has 0 radical (unpaired) electrons. The number of pyridine rings is 1. The minimum Gasteiger partial charge on any atom is -0.321 e. The summed E-state index contributed by atoms with van der Waals surface area (Å²) in [5.74, 6) is -0.536. The van der Waals surface area contributed by atoms with Crippen LogP contribution >= 0.6 is 0 Å². The second-order valence-electron chi connectivity index (χ2n) is 16.1. The van der Waals surface area contributed by atoms with E-state index in [-0.39, 0.29) is 29.8 Å². The Kier molecular flexibility index (Phi) is 9.09. The number of nitrogens with one attached hydrogen (secondary N) is 2. The third-order valence-electron chi connectivity index (χ3n) is 12.7. The van der Waals surface area contributed by atoms with E-state index in [9.17, 15) is 32.3 Å². The van der Waals surface area contributed by atoms with Crippen molar-refractivity contribution in [3.8, 4) is 0 Å². The number of hydrogen-bond donors (Lipinski definition) is 2. The van der Waals surface area contributed by atoms with Crippen molar-refractivity contribution >= 4 is 45.3 Å². The first kappa shape index (κ1) is 36.3. The van der Waals surface area contributed by atoms with Crippen LogP contribution in [0.5, 0.6) is 0 Å². The molecule has 4 aliphatic rings. The van der Waals surface area contributed by atoms with Gasteiger partial charge in [0.15, 0.2) is 0 Å². The molecule has 1 aliphatic carbocycles. The Hall–Kier alpha value is -5.31. The average molecular weight is 769 g/mol. The third-order valence-corrected chi connectivity index (χ3v) is 12.7. The first-order chi connectivity index (χ1) is 26.9. The molecule has 3 saturated heterocycles. The Morgan fingerprint density at radius 1 is 0.911 bits per heavy atom. The third kappa shape index (κ3) is 6.58. The highest BCUT2D eigenvalue weighted by molar-refractivity contribution is 6.04. The maximum absolute atomic E-state index is 13.6. The number of nitrogens with zero attached hydrogens (tertiary/aromatic N) is 6. The van der Waals surface area contributed by atoms with Crippen molar-refractivity contribution in [1.29, 1.82) is 0 Å². The number of carbonyl (C=O) groups excluding carboxylic acids is 3. The lowest BCUT2D eigenvalue weighted by Gasteiger charge is -2.42. The molecular weight excluding hydrogens is 725 g/mol. The molecule has 2 aromatic carbocycles. The van der Waals surface area contributed by atoms with Crippen molar-refractivity contribution in [2.75, 3.05) is 11.9 Å². The Bertz CT molecular complexity index is 2410. The standard InChI is InChI=1S/C41H43F3N8O4/c1-49-37-30(4-2-6-33(37)52(40(49)56)34-16-17-36(53)47-39(34)55)24-19-28-13-14-29(20-24)50(28)21-23-8-11-27(12-9-23)51-22-25-18-26(10-15-31(25)48-51)45-38(54)32-5-3-7-35(46-32)41(42,43)44/h2-7,10,15,18,22-24,27-29,34H,8-9,11-14,16-17,19-21H2,1H3,(H,45,54)(H,47,53,55). The van der Waals surface area contributed by atoms with E-state index in [1.54, 1.807) is 34.4 Å². The van der Waals surface area contributed by atoms with Crippen LogP contribution in [0.4, 0.5) is 18.9 Å². The summed E-state index contributed by atoms with van der Waals surface area (Å²) >= 11 is 0. The van der Waals surface area contributed by atoms with Gasteiger partial charge in [0.05, 0.1) is 22.6 Å². The van der Waals surface area contributed by atoms with Crippen LogP contribution in [0.25, 0.3) is 21.9 Å². The molecule has 2 N–H and O–H groups in total. The number of aryl methyl sites for hydroxylation is 1. The molecule has 3 unspecified atom stereocenters. The number of aromatic nitrogens is 5. The topological polar surface area (TPSA) is 136 Å². The van der Waals surface area contributed by atoms with Gasteiger partial charge in [-0.1, -0.05) is 18.2 Å². The lowest BCUT2D eigenvalue weighted by atomic mass is 9.82. The molecule has 3 amide bonds. The number of hydrogen-bond acceptors (Lipinski definition) is 7. The van der Waals surface area contributed by atoms with Gasteiger partial charge in [0.1, 0.15) is 17.4 Å². The number of piperidine rings is 2. The highest BCUT2D eigenvalue weighted by Crippen LogP contribution is 2.46. The fourth-order valence-electron chi connectivity index (χ4n) is 9.97. The average Bonchev–Trinajstić information content (AvgIpc) is 3.79. The number of halogens is 3. The fraction of sp³-hybridized carbons (Fsp3) is 0.463. The van der Waals surface area contributed by atoms with Gasteiger partial charge in [0.25, 0.3) is 5.91 Å². The van der Waals surface area contributed by atoms with Crippen molar-refractivity contribution in [1.82, 2.24) is 34.1 Å². The molecule has 5 aromatic rings. The lowest BCUT2D eigenvalue weighted by molar-refractivity contribution is -0.141. The van der Waals surface area contributed by atoms with Crippen LogP contribution in [0.15, 0.2) is 65.6 Å². The number of imide groups is 1. The Labute approximate surface area is 320 Å². The SMILES string of the molecule is Cn1c(=O)n(C2CCC(=O)NC2=O)c2cccc(C3CC4CCC(C3)N4CC3CCC(n4cc5cc(NC(=O)c6cccc(C(F)(F)F)n6)ccc5n4)CC3)c21. The molecule has 2 bridgehead atoms. The molecule has 4 fully saturated rings. The summed E-state index contributed by atoms with van der Waals surface area (Å²) in [7, 11) is 1.78. The van der Waals surface area contributed by atoms with Crippen molar-refractivity contribution < 1.29 is 27.6 Å². The molecule has 56 heavy (non-hydrogen) atoms. The second-order valence-corrected chi connectivity index (χ2v) is 16.1. The molecule has 3 aromatic heterocycles. The van der Waals surface area contributed by atoms with Crippen LogP contribution in [-0.4, -0.2) is 65.1 Å². The van der Waals surface area contributed by atoms with E-state index in [1.807, 2.05) is 23.0 Å². The van der Waals surface area contributed by atoms with Crippen LogP contribution in [0.1, 0.15) is 104 Å². The van der Waals surface area contributed by atoms with Crippen LogP contribution < -0.4 is 16.3 Å². The Morgan fingerprint density at radius 3 is 2.38 bits per heavy atom. The van der Waals surface area contributed by atoms with Gasteiger partial charge in [-0.2, -0.15) is 18.3 Å². The van der Waals surface area contributed by atoms with Crippen molar-refractivity contribution in [2.24, 2.45) is 13.0 Å². The van der Waals surface area contributed by atoms with Crippen molar-refractivity contribution in [3.63, 3.8) is 0 Å². The quantitative estimate of drug-likeness (QED) is 0.181. The highest BCUT2D eigenvalue weighted by Gasteiger charge is 2.43. The predicted octanol–water partition coefficient (Wildman–Crippen LogP) is 6.48. The fourth-order valence-corrected chi connectivity index (χ4v) is 9.97. The zero-order chi connectivity index (χ0) is 38.9. The van der Waals surface area contributed by atoms with E-state index in [2.05, 4.69) is 26.6 Å². The maximum Gasteiger partial charge on any atom is 0.433 e. The Balaban J connectivity index is 0.828. The highest BCUT2D eigenvalue weighted by atomic mass is 19.4. The zero-order valence-electron chi connectivity index (χ0n) is 31.0. The van der Waals surface area contributed by atoms with E-state index in [0.717, 1.165) is 73.1 Å². The number of benzene rings is 2. The van der Waals surface area contributed by atoms with Gasteiger partial charge in [-0.05, 0) is 112 Å². The molecule has 3 aliphatic heterocycles. The van der Waals surface area contributed by atoms with Crippen molar-refractivity contribution in [3.05, 3.63) is 88.2 Å². The summed E-state index contributed by atoms with van der Waals surface area (Å²) in [4.78, 5) is 57.1. The van der Waals surface area contributed by atoms with Gasteiger partial charge in [0, 0.05) is 49.4 Å². The number of anilines is 1. The molecule has 0 spiro atoms. The van der Waals surface area contributed by atoms with Gasteiger partial charge in [0.2, 0.25) is 11.8 Å². The van der Waals surface area contributed by atoms with E-state index in [1.165, 1.54) is 30.5 Å². The summed E-state index contributed by atoms with van der Waals surface area (Å²) in [6, 6.07) is 15.1. The first-order valence-corrected chi connectivity index (χ1v) is 19.5. The van der Waals surface area contributed by atoms with Gasteiger partial charge < -0.3 is 5.32 Å². The van der Waals surface area contributed by atoms with E-state index < -0.39 is 29.7 Å². The normalized spacial score (nSPS) is 25.9. The molecule has 6 heterocycles. The molecule has 9 rings (SSSR count). The van der Waals surface area contributed by atoms with Crippen LogP contribution in [0.2, 0.25) is 0 Å². The minimum absolute atomic E-state index is 0.212. The number of amides is 3. The van der Waals surface area contributed by atoms with Gasteiger partial charge in [-0.15, -0.1) is 0 Å². The monoisotopic (exact) mass is 768 g/mol. The number of imidazole rings is 1. The number of para-hydroxylation sites is 1. The van der Waals surface area contributed by atoms with Crippen LogP contribution in [0, 0.1) is 5.92 Å². The molecule has 15 heteroatoms. The molecule has 1 saturated carbocycles. The van der Waals surface area contributed by atoms with Gasteiger partial charge in [-0.25, -0.2) is 9.78 Å². The zero-order valence-corrected chi connectivity index (χ0v) is 31.0. The predicted molar refractivity (Wildman–Crippen MR) is 202 cm³/mol. The summed E-state index contributed by atoms with van der Waals surface area (Å²) in [6.07, 6.45) is 6.48. The number of carbonyl (C=O) groups is 3. The Morgan fingerprint density at radius 2 is 1.64 bits per heavy atom. The summed E-state index contributed by atoms with van der Waals surface area (Å²) in [5.41, 5.74) is 2.38. The van der Waals surface area contributed by atoms with E-state index in [0.29, 0.717) is 36.0 Å². The summed E-state index contributed by atoms with van der Waals surface area (Å²) < 4.78 is 44.6. The largest absolute Gasteiger partial charge is 0.433 e. The summed E-state index contributed by atoms with van der Waals surface area (Å²) in [5, 5.41) is 10.7.